The Balaban J connectivity index is 2.08. The molecule has 0 aliphatic carbocycles. The van der Waals surface area contributed by atoms with Crippen LogP contribution in [0.1, 0.15) is 25.5 Å². The summed E-state index contributed by atoms with van der Waals surface area (Å²) in [4.78, 5) is 4.63. The number of rotatable bonds is 3. The van der Waals surface area contributed by atoms with Gasteiger partial charge in [-0.25, -0.2) is 4.98 Å². The summed E-state index contributed by atoms with van der Waals surface area (Å²) in [5, 5.41) is 9.32. The monoisotopic (exact) mass is 298 g/mol. The zero-order chi connectivity index (χ0) is 14.8. The van der Waals surface area contributed by atoms with Gasteiger partial charge in [0.2, 0.25) is 0 Å². The highest BCUT2D eigenvalue weighted by Gasteiger charge is 2.14. The number of imidazole rings is 1. The van der Waals surface area contributed by atoms with Crippen molar-refractivity contribution in [2.45, 2.75) is 19.8 Å². The second-order valence-electron chi connectivity index (χ2n) is 5.08. The predicted molar refractivity (Wildman–Crippen MR) is 84.9 cm³/mol. The van der Waals surface area contributed by atoms with E-state index in [9.17, 15) is 0 Å². The lowest BCUT2D eigenvalue weighted by atomic mass is 10.1. The van der Waals surface area contributed by atoms with Gasteiger partial charge in [0.15, 0.2) is 5.82 Å². The van der Waals surface area contributed by atoms with Gasteiger partial charge in [-0.3, -0.25) is 4.40 Å². The number of hydrogen-bond acceptors (Lipinski definition) is 3. The summed E-state index contributed by atoms with van der Waals surface area (Å²) in [5.74, 6) is 1.04. The molecule has 0 unspecified atom stereocenters. The van der Waals surface area contributed by atoms with Crippen molar-refractivity contribution in [1.29, 1.82) is 0 Å². The fourth-order valence-electron chi connectivity index (χ4n) is 2.13. The number of azo groups is 1. The molecule has 2 aromatic heterocycles. The van der Waals surface area contributed by atoms with Crippen molar-refractivity contribution >= 4 is 28.8 Å². The van der Waals surface area contributed by atoms with Crippen LogP contribution in [0.25, 0.3) is 5.65 Å². The van der Waals surface area contributed by atoms with Crippen molar-refractivity contribution in [3.8, 4) is 0 Å². The van der Waals surface area contributed by atoms with Crippen molar-refractivity contribution in [3.63, 3.8) is 0 Å². The Kier molecular flexibility index (Phi) is 3.71. The molecule has 2 heterocycles. The standard InChI is InChI=1S/C16H15ClN4/c1-11(2)15-16(21-9-4-3-8-14(21)18-15)20-19-13-7-5-6-12(17)10-13/h3-11H,1-2H3. The number of benzene rings is 1. The lowest BCUT2D eigenvalue weighted by molar-refractivity contribution is 0.831. The molecule has 0 fully saturated rings. The number of pyridine rings is 1. The van der Waals surface area contributed by atoms with Crippen molar-refractivity contribution in [1.82, 2.24) is 9.38 Å². The largest absolute Gasteiger partial charge is 0.283 e. The van der Waals surface area contributed by atoms with Crippen LogP contribution in [0.2, 0.25) is 5.02 Å². The minimum absolute atomic E-state index is 0.276. The second-order valence-corrected chi connectivity index (χ2v) is 5.52. The van der Waals surface area contributed by atoms with E-state index in [1.54, 1.807) is 6.07 Å². The van der Waals surface area contributed by atoms with Gasteiger partial charge in [0.05, 0.1) is 11.4 Å². The summed E-state index contributed by atoms with van der Waals surface area (Å²) in [6.45, 7) is 4.19. The molecule has 106 valence electrons. The van der Waals surface area contributed by atoms with Gasteiger partial charge in [-0.15, -0.1) is 10.2 Å². The van der Waals surface area contributed by atoms with E-state index in [0.717, 1.165) is 22.8 Å². The predicted octanol–water partition coefficient (Wildman–Crippen LogP) is 5.53. The fraction of sp³-hybridized carbons (Fsp3) is 0.188. The van der Waals surface area contributed by atoms with Gasteiger partial charge in [-0.1, -0.05) is 37.6 Å². The minimum Gasteiger partial charge on any atom is -0.283 e. The molecule has 5 heteroatoms. The summed E-state index contributed by atoms with van der Waals surface area (Å²) in [7, 11) is 0. The first-order chi connectivity index (χ1) is 10.1. The highest BCUT2D eigenvalue weighted by atomic mass is 35.5. The lowest BCUT2D eigenvalue weighted by Gasteiger charge is -2.01. The Hall–Kier alpha value is -2.20. The average molecular weight is 299 g/mol. The minimum atomic E-state index is 0.276. The van der Waals surface area contributed by atoms with Crippen LogP contribution in [0.3, 0.4) is 0 Å². The van der Waals surface area contributed by atoms with E-state index in [-0.39, 0.29) is 5.92 Å². The van der Waals surface area contributed by atoms with Crippen LogP contribution in [0.5, 0.6) is 0 Å². The first-order valence-corrected chi connectivity index (χ1v) is 7.17. The molecule has 0 radical (unpaired) electrons. The summed E-state index contributed by atoms with van der Waals surface area (Å²) >= 11 is 5.96. The van der Waals surface area contributed by atoms with Crippen LogP contribution >= 0.6 is 11.6 Å². The third-order valence-corrected chi connectivity index (χ3v) is 3.38. The number of nitrogens with zero attached hydrogens (tertiary/aromatic N) is 4. The van der Waals surface area contributed by atoms with Crippen LogP contribution in [0.4, 0.5) is 11.5 Å². The van der Waals surface area contributed by atoms with Gasteiger partial charge in [-0.05, 0) is 36.2 Å². The van der Waals surface area contributed by atoms with Crippen LogP contribution in [0.15, 0.2) is 58.9 Å². The molecule has 1 aromatic carbocycles. The average Bonchev–Trinajstić information content (AvgIpc) is 2.84. The normalized spacial score (nSPS) is 11.8. The molecule has 0 amide bonds. The quantitative estimate of drug-likeness (QED) is 0.586. The van der Waals surface area contributed by atoms with Crippen molar-refractivity contribution < 1.29 is 0 Å². The maximum Gasteiger partial charge on any atom is 0.183 e. The Bertz CT molecular complexity index is 805. The molecule has 0 aliphatic heterocycles. The lowest BCUT2D eigenvalue weighted by Crippen LogP contribution is -1.87. The molecule has 0 atom stereocenters. The van der Waals surface area contributed by atoms with E-state index < -0.39 is 0 Å². The van der Waals surface area contributed by atoms with Gasteiger partial charge in [0.25, 0.3) is 0 Å². The molecule has 0 bridgehead atoms. The van der Waals surface area contributed by atoms with Gasteiger partial charge < -0.3 is 0 Å². The second kappa shape index (κ2) is 5.66. The zero-order valence-electron chi connectivity index (χ0n) is 11.9. The van der Waals surface area contributed by atoms with Crippen molar-refractivity contribution in [2.75, 3.05) is 0 Å². The first kappa shape index (κ1) is 13.8. The topological polar surface area (TPSA) is 42.0 Å². The molecule has 3 aromatic rings. The van der Waals surface area contributed by atoms with E-state index in [1.807, 2.05) is 47.0 Å². The van der Waals surface area contributed by atoms with Gasteiger partial charge >= 0.3 is 0 Å². The molecule has 0 saturated heterocycles. The van der Waals surface area contributed by atoms with E-state index >= 15 is 0 Å². The summed E-state index contributed by atoms with van der Waals surface area (Å²) in [6, 6.07) is 13.2. The molecule has 3 rings (SSSR count). The van der Waals surface area contributed by atoms with Crippen LogP contribution < -0.4 is 0 Å². The SMILES string of the molecule is CC(C)c1nc2ccccn2c1N=Nc1cccc(Cl)c1. The molecular formula is C16H15ClN4. The molecule has 0 saturated carbocycles. The van der Waals surface area contributed by atoms with Crippen LogP contribution in [0, 0.1) is 0 Å². The highest BCUT2D eigenvalue weighted by molar-refractivity contribution is 6.30. The fourth-order valence-corrected chi connectivity index (χ4v) is 2.32. The Morgan fingerprint density at radius 1 is 1.10 bits per heavy atom. The Labute approximate surface area is 128 Å². The number of fused-ring (bicyclic) bond motifs is 1. The van der Waals surface area contributed by atoms with Gasteiger partial charge in [-0.2, -0.15) is 0 Å². The molecule has 4 nitrogen and oxygen atoms in total. The Morgan fingerprint density at radius 3 is 2.71 bits per heavy atom. The van der Waals surface area contributed by atoms with E-state index in [1.165, 1.54) is 0 Å². The third kappa shape index (κ3) is 2.81. The zero-order valence-corrected chi connectivity index (χ0v) is 12.6. The number of hydrogen-bond donors (Lipinski definition) is 0. The van der Waals surface area contributed by atoms with E-state index in [2.05, 4.69) is 29.1 Å². The van der Waals surface area contributed by atoms with Gasteiger partial charge in [0.1, 0.15) is 5.65 Å². The summed E-state index contributed by atoms with van der Waals surface area (Å²) < 4.78 is 1.95. The molecule has 0 N–H and O–H groups in total. The maximum atomic E-state index is 5.96. The molecule has 21 heavy (non-hydrogen) atoms. The molecular weight excluding hydrogens is 284 g/mol. The van der Waals surface area contributed by atoms with Crippen LogP contribution in [-0.2, 0) is 0 Å². The molecule has 0 aliphatic rings. The number of halogens is 1. The smallest absolute Gasteiger partial charge is 0.183 e. The number of aromatic nitrogens is 2. The van der Waals surface area contributed by atoms with E-state index in [4.69, 9.17) is 11.6 Å². The van der Waals surface area contributed by atoms with E-state index in [0.29, 0.717) is 5.02 Å². The maximum absolute atomic E-state index is 5.96. The first-order valence-electron chi connectivity index (χ1n) is 6.79. The summed E-state index contributed by atoms with van der Waals surface area (Å²) in [6.07, 6.45) is 1.94. The summed E-state index contributed by atoms with van der Waals surface area (Å²) in [5.41, 5.74) is 2.54. The molecule has 0 spiro atoms. The van der Waals surface area contributed by atoms with Gasteiger partial charge in [0, 0.05) is 11.2 Å². The van der Waals surface area contributed by atoms with Crippen molar-refractivity contribution in [3.05, 3.63) is 59.4 Å². The third-order valence-electron chi connectivity index (χ3n) is 3.15. The Morgan fingerprint density at radius 2 is 1.95 bits per heavy atom. The highest BCUT2D eigenvalue weighted by Crippen LogP contribution is 2.29. The van der Waals surface area contributed by atoms with Crippen molar-refractivity contribution in [2.24, 2.45) is 10.2 Å². The van der Waals surface area contributed by atoms with Crippen LogP contribution in [-0.4, -0.2) is 9.38 Å².